The first-order chi connectivity index (χ1) is 9.67. The molecule has 1 aromatic carbocycles. The standard InChI is InChI=1S/C13H18FN5O/c1-4-7-15-9(2)13-16-17-18-19(13)11-6-5-10(14)8-12(11)20-3/h5-6,8-9,15H,4,7H2,1-3H3. The van der Waals surface area contributed by atoms with E-state index in [9.17, 15) is 4.39 Å². The van der Waals surface area contributed by atoms with Gasteiger partial charge in [-0.3, -0.25) is 0 Å². The van der Waals surface area contributed by atoms with Crippen molar-refractivity contribution in [1.82, 2.24) is 25.5 Å². The molecule has 0 radical (unpaired) electrons. The Balaban J connectivity index is 2.36. The van der Waals surface area contributed by atoms with E-state index < -0.39 is 0 Å². The number of tetrazole rings is 1. The van der Waals surface area contributed by atoms with Gasteiger partial charge < -0.3 is 10.1 Å². The van der Waals surface area contributed by atoms with Gasteiger partial charge in [0.25, 0.3) is 0 Å². The summed E-state index contributed by atoms with van der Waals surface area (Å²) in [6.07, 6.45) is 1.02. The highest BCUT2D eigenvalue weighted by molar-refractivity contribution is 5.46. The molecule has 0 bridgehead atoms. The number of halogens is 1. The van der Waals surface area contributed by atoms with Crippen LogP contribution in [-0.4, -0.2) is 33.9 Å². The Morgan fingerprint density at radius 1 is 1.45 bits per heavy atom. The van der Waals surface area contributed by atoms with Gasteiger partial charge in [-0.15, -0.1) is 5.10 Å². The van der Waals surface area contributed by atoms with E-state index in [2.05, 4.69) is 27.8 Å². The van der Waals surface area contributed by atoms with Gasteiger partial charge in [0.1, 0.15) is 17.3 Å². The van der Waals surface area contributed by atoms with Crippen molar-refractivity contribution >= 4 is 0 Å². The molecular weight excluding hydrogens is 261 g/mol. The van der Waals surface area contributed by atoms with E-state index >= 15 is 0 Å². The molecule has 0 aliphatic heterocycles. The van der Waals surface area contributed by atoms with Crippen molar-refractivity contribution in [2.75, 3.05) is 13.7 Å². The average Bonchev–Trinajstić information content (AvgIpc) is 2.93. The molecule has 0 saturated carbocycles. The van der Waals surface area contributed by atoms with Gasteiger partial charge in [-0.1, -0.05) is 6.92 Å². The maximum Gasteiger partial charge on any atom is 0.173 e. The van der Waals surface area contributed by atoms with Gasteiger partial charge in [0.15, 0.2) is 5.82 Å². The summed E-state index contributed by atoms with van der Waals surface area (Å²) < 4.78 is 20.0. The van der Waals surface area contributed by atoms with E-state index in [0.717, 1.165) is 13.0 Å². The van der Waals surface area contributed by atoms with E-state index in [0.29, 0.717) is 17.3 Å². The Morgan fingerprint density at radius 3 is 2.95 bits per heavy atom. The predicted octanol–water partition coefficient (Wildman–Crippen LogP) is 1.87. The zero-order valence-corrected chi connectivity index (χ0v) is 11.8. The van der Waals surface area contributed by atoms with Crippen molar-refractivity contribution in [1.29, 1.82) is 0 Å². The fourth-order valence-electron chi connectivity index (χ4n) is 1.91. The first kappa shape index (κ1) is 14.4. The molecule has 2 rings (SSSR count). The highest BCUT2D eigenvalue weighted by Gasteiger charge is 2.18. The lowest BCUT2D eigenvalue weighted by atomic mass is 10.2. The molecule has 20 heavy (non-hydrogen) atoms. The van der Waals surface area contributed by atoms with Crippen LogP contribution in [0.3, 0.4) is 0 Å². The summed E-state index contributed by atoms with van der Waals surface area (Å²) in [7, 11) is 1.49. The van der Waals surface area contributed by atoms with Gasteiger partial charge >= 0.3 is 0 Å². The summed E-state index contributed by atoms with van der Waals surface area (Å²) in [6.45, 7) is 4.94. The van der Waals surface area contributed by atoms with Gasteiger partial charge in [0.05, 0.1) is 13.2 Å². The molecular formula is C13H18FN5O. The molecule has 108 valence electrons. The summed E-state index contributed by atoms with van der Waals surface area (Å²) in [5.74, 6) is 0.682. The van der Waals surface area contributed by atoms with E-state index in [1.54, 1.807) is 10.7 Å². The van der Waals surface area contributed by atoms with Crippen LogP contribution >= 0.6 is 0 Å². The lowest BCUT2D eigenvalue weighted by Crippen LogP contribution is -2.23. The SMILES string of the molecule is CCCNC(C)c1nnnn1-c1ccc(F)cc1OC. The smallest absolute Gasteiger partial charge is 0.173 e. The minimum absolute atomic E-state index is 0.0142. The predicted molar refractivity (Wildman–Crippen MR) is 72.4 cm³/mol. The molecule has 1 aromatic heterocycles. The van der Waals surface area contributed by atoms with Crippen molar-refractivity contribution in [2.24, 2.45) is 0 Å². The maximum atomic E-state index is 13.2. The van der Waals surface area contributed by atoms with Crippen molar-refractivity contribution in [3.05, 3.63) is 29.8 Å². The second-order valence-electron chi connectivity index (χ2n) is 4.44. The number of nitrogens with zero attached hydrogens (tertiary/aromatic N) is 4. The van der Waals surface area contributed by atoms with Crippen LogP contribution in [-0.2, 0) is 0 Å². The number of benzene rings is 1. The first-order valence-electron chi connectivity index (χ1n) is 6.53. The topological polar surface area (TPSA) is 64.9 Å². The molecule has 0 saturated heterocycles. The molecule has 6 nitrogen and oxygen atoms in total. The Morgan fingerprint density at radius 2 is 2.25 bits per heavy atom. The van der Waals surface area contributed by atoms with Crippen LogP contribution in [0, 0.1) is 5.82 Å². The number of methoxy groups -OCH3 is 1. The van der Waals surface area contributed by atoms with E-state index in [1.807, 2.05) is 6.92 Å². The summed E-state index contributed by atoms with van der Waals surface area (Å²) in [5.41, 5.74) is 0.610. The van der Waals surface area contributed by atoms with Gasteiger partial charge in [-0.05, 0) is 42.4 Å². The highest BCUT2D eigenvalue weighted by atomic mass is 19.1. The second kappa shape index (κ2) is 6.42. The third-order valence-corrected chi connectivity index (χ3v) is 2.95. The molecule has 2 aromatic rings. The first-order valence-corrected chi connectivity index (χ1v) is 6.53. The molecule has 0 aliphatic carbocycles. The zero-order valence-electron chi connectivity index (χ0n) is 11.8. The van der Waals surface area contributed by atoms with E-state index in [1.165, 1.54) is 19.2 Å². The Hall–Kier alpha value is -2.02. The third kappa shape index (κ3) is 2.93. The lowest BCUT2D eigenvalue weighted by molar-refractivity contribution is 0.406. The fourth-order valence-corrected chi connectivity index (χ4v) is 1.91. The Labute approximate surface area is 116 Å². The summed E-state index contributed by atoms with van der Waals surface area (Å²) in [6, 6.07) is 4.25. The molecule has 0 amide bonds. The van der Waals surface area contributed by atoms with Crippen molar-refractivity contribution < 1.29 is 9.13 Å². The largest absolute Gasteiger partial charge is 0.494 e. The second-order valence-corrected chi connectivity index (χ2v) is 4.44. The molecule has 1 atom stereocenters. The highest BCUT2D eigenvalue weighted by Crippen LogP contribution is 2.25. The van der Waals surface area contributed by atoms with Gasteiger partial charge in [-0.25, -0.2) is 4.39 Å². The van der Waals surface area contributed by atoms with Crippen LogP contribution in [0.2, 0.25) is 0 Å². The molecule has 0 spiro atoms. The molecule has 1 unspecified atom stereocenters. The number of nitrogens with one attached hydrogen (secondary N) is 1. The lowest BCUT2D eigenvalue weighted by Gasteiger charge is -2.14. The zero-order chi connectivity index (χ0) is 14.5. The van der Waals surface area contributed by atoms with Crippen molar-refractivity contribution in [2.45, 2.75) is 26.3 Å². The molecule has 1 N–H and O–H groups in total. The van der Waals surface area contributed by atoms with Crippen LogP contribution in [0.4, 0.5) is 4.39 Å². The van der Waals surface area contributed by atoms with E-state index in [4.69, 9.17) is 4.74 Å². The van der Waals surface area contributed by atoms with Gasteiger partial charge in [-0.2, -0.15) is 4.68 Å². The number of rotatable bonds is 6. The molecule has 0 fully saturated rings. The monoisotopic (exact) mass is 279 g/mol. The number of hydrogen-bond acceptors (Lipinski definition) is 5. The average molecular weight is 279 g/mol. The van der Waals surface area contributed by atoms with Crippen LogP contribution in [0.5, 0.6) is 5.75 Å². The quantitative estimate of drug-likeness (QED) is 0.874. The third-order valence-electron chi connectivity index (χ3n) is 2.95. The fraction of sp³-hybridized carbons (Fsp3) is 0.462. The van der Waals surface area contributed by atoms with Crippen molar-refractivity contribution in [3.63, 3.8) is 0 Å². The van der Waals surface area contributed by atoms with Crippen LogP contribution in [0.25, 0.3) is 5.69 Å². The number of aromatic nitrogens is 4. The summed E-state index contributed by atoms with van der Waals surface area (Å²) in [4.78, 5) is 0. The minimum atomic E-state index is -0.364. The van der Waals surface area contributed by atoms with Crippen LogP contribution < -0.4 is 10.1 Å². The number of hydrogen-bond donors (Lipinski definition) is 1. The molecule has 0 aliphatic rings. The number of ether oxygens (including phenoxy) is 1. The summed E-state index contributed by atoms with van der Waals surface area (Å²) >= 11 is 0. The normalized spacial score (nSPS) is 12.4. The Kier molecular flexibility index (Phi) is 4.62. The van der Waals surface area contributed by atoms with Gasteiger partial charge in [0, 0.05) is 6.07 Å². The Bertz CT molecular complexity index is 572. The summed E-state index contributed by atoms with van der Waals surface area (Å²) in [5, 5.41) is 15.0. The van der Waals surface area contributed by atoms with Crippen LogP contribution in [0.1, 0.15) is 32.1 Å². The van der Waals surface area contributed by atoms with Crippen LogP contribution in [0.15, 0.2) is 18.2 Å². The van der Waals surface area contributed by atoms with Gasteiger partial charge in [0.2, 0.25) is 0 Å². The molecule has 7 heteroatoms. The maximum absolute atomic E-state index is 13.2. The molecule has 1 heterocycles. The van der Waals surface area contributed by atoms with Crippen molar-refractivity contribution in [3.8, 4) is 11.4 Å². The minimum Gasteiger partial charge on any atom is -0.494 e. The van der Waals surface area contributed by atoms with E-state index in [-0.39, 0.29) is 11.9 Å².